The van der Waals surface area contributed by atoms with Gasteiger partial charge >= 0.3 is 5.97 Å². The van der Waals surface area contributed by atoms with Gasteiger partial charge in [-0.2, -0.15) is 0 Å². The fraction of sp³-hybridized carbons (Fsp3) is 0.435. The highest BCUT2D eigenvalue weighted by molar-refractivity contribution is 5.66. The molecular formula is C23H32O7. The van der Waals surface area contributed by atoms with Crippen LogP contribution in [-0.4, -0.2) is 51.2 Å². The first-order valence-electron chi connectivity index (χ1n) is 9.73. The molecule has 0 saturated heterocycles. The second kappa shape index (κ2) is 14.1. The molecule has 2 aromatic rings. The number of hydrogen-bond acceptors (Lipinski definition) is 6. The van der Waals surface area contributed by atoms with Crippen molar-refractivity contribution in [3.63, 3.8) is 0 Å². The summed E-state index contributed by atoms with van der Waals surface area (Å²) in [6.07, 6.45) is 3.18. The van der Waals surface area contributed by atoms with Gasteiger partial charge in [0, 0.05) is 13.0 Å². The van der Waals surface area contributed by atoms with Crippen LogP contribution >= 0.6 is 0 Å². The maximum absolute atomic E-state index is 10.4. The number of methoxy groups -OCH3 is 4. The summed E-state index contributed by atoms with van der Waals surface area (Å²) >= 11 is 0. The molecule has 0 atom stereocenters. The molecule has 0 aliphatic carbocycles. The number of carbonyl (C=O) groups is 1. The van der Waals surface area contributed by atoms with E-state index in [2.05, 4.69) is 0 Å². The number of aliphatic carboxylic acids is 1. The third kappa shape index (κ3) is 8.61. The van der Waals surface area contributed by atoms with Crippen molar-refractivity contribution < 1.29 is 34.0 Å². The second-order valence-corrected chi connectivity index (χ2v) is 6.45. The number of aliphatic hydroxyl groups excluding tert-OH is 1. The summed E-state index contributed by atoms with van der Waals surface area (Å²) < 4.78 is 20.6. The van der Waals surface area contributed by atoms with E-state index in [4.69, 9.17) is 29.2 Å². The molecule has 2 rings (SSSR count). The molecule has 0 fully saturated rings. The normalized spacial score (nSPS) is 9.90. The highest BCUT2D eigenvalue weighted by Crippen LogP contribution is 2.28. The fourth-order valence-electron chi connectivity index (χ4n) is 2.80. The maximum atomic E-state index is 10.4. The van der Waals surface area contributed by atoms with Crippen LogP contribution in [-0.2, 0) is 17.6 Å². The van der Waals surface area contributed by atoms with Gasteiger partial charge in [-0.3, -0.25) is 4.79 Å². The number of hydrogen-bond donors (Lipinski definition) is 2. The first kappa shape index (κ1) is 25.1. The summed E-state index contributed by atoms with van der Waals surface area (Å²) in [6.45, 7) is 0.217. The SMILES string of the molecule is COc1ccc(CCCC(=O)O)cc1OC.COc1ccc(CCCO)cc1OC. The molecule has 2 aromatic carbocycles. The van der Waals surface area contributed by atoms with E-state index in [-0.39, 0.29) is 13.0 Å². The van der Waals surface area contributed by atoms with Gasteiger partial charge in [0.1, 0.15) is 0 Å². The Labute approximate surface area is 178 Å². The van der Waals surface area contributed by atoms with Crippen LogP contribution in [0.4, 0.5) is 0 Å². The van der Waals surface area contributed by atoms with Crippen molar-refractivity contribution in [3.8, 4) is 23.0 Å². The summed E-state index contributed by atoms with van der Waals surface area (Å²) in [5.41, 5.74) is 2.20. The molecule has 7 heteroatoms. The minimum Gasteiger partial charge on any atom is -0.493 e. The predicted octanol–water partition coefficient (Wildman–Crippen LogP) is 3.74. The average molecular weight is 421 g/mol. The number of benzene rings is 2. The topological polar surface area (TPSA) is 94.5 Å². The molecule has 0 bridgehead atoms. The molecule has 2 N–H and O–H groups in total. The van der Waals surface area contributed by atoms with Crippen molar-refractivity contribution in [2.75, 3.05) is 35.0 Å². The molecule has 0 aliphatic rings. The molecule has 7 nitrogen and oxygen atoms in total. The van der Waals surface area contributed by atoms with Gasteiger partial charge in [0.15, 0.2) is 23.0 Å². The largest absolute Gasteiger partial charge is 0.493 e. The van der Waals surface area contributed by atoms with E-state index in [1.807, 2.05) is 36.4 Å². The second-order valence-electron chi connectivity index (χ2n) is 6.45. The number of aliphatic hydroxyl groups is 1. The summed E-state index contributed by atoms with van der Waals surface area (Å²) in [6, 6.07) is 11.4. The van der Waals surface area contributed by atoms with E-state index in [0.29, 0.717) is 17.9 Å². The number of aryl methyl sites for hydroxylation is 2. The monoisotopic (exact) mass is 420 g/mol. The van der Waals surface area contributed by atoms with Crippen LogP contribution in [0.2, 0.25) is 0 Å². The molecule has 166 valence electrons. The van der Waals surface area contributed by atoms with Crippen molar-refractivity contribution >= 4 is 5.97 Å². The minimum absolute atomic E-state index is 0.189. The Morgan fingerprint density at radius 3 is 1.53 bits per heavy atom. The van der Waals surface area contributed by atoms with E-state index in [1.165, 1.54) is 0 Å². The molecular weight excluding hydrogens is 388 g/mol. The van der Waals surface area contributed by atoms with Crippen molar-refractivity contribution in [1.82, 2.24) is 0 Å². The summed E-state index contributed by atoms with van der Waals surface area (Å²) in [5, 5.41) is 17.2. The minimum atomic E-state index is -0.763. The summed E-state index contributed by atoms with van der Waals surface area (Å²) in [7, 11) is 6.40. The lowest BCUT2D eigenvalue weighted by Crippen LogP contribution is -1.97. The Hall–Kier alpha value is -2.93. The third-order valence-electron chi connectivity index (χ3n) is 4.38. The van der Waals surface area contributed by atoms with Gasteiger partial charge in [-0.25, -0.2) is 0 Å². The van der Waals surface area contributed by atoms with Crippen molar-refractivity contribution in [2.45, 2.75) is 32.1 Å². The van der Waals surface area contributed by atoms with Crippen LogP contribution in [0.15, 0.2) is 36.4 Å². The first-order valence-corrected chi connectivity index (χ1v) is 9.73. The Bertz CT molecular complexity index is 774. The van der Waals surface area contributed by atoms with Crippen LogP contribution in [0.25, 0.3) is 0 Å². The Kier molecular flexibility index (Phi) is 11.8. The Morgan fingerprint density at radius 2 is 1.17 bits per heavy atom. The lowest BCUT2D eigenvalue weighted by molar-refractivity contribution is -0.137. The van der Waals surface area contributed by atoms with E-state index in [9.17, 15) is 4.79 Å². The highest BCUT2D eigenvalue weighted by atomic mass is 16.5. The zero-order chi connectivity index (χ0) is 22.4. The standard InChI is InChI=1S/C12H16O4.C11H16O3/c1-15-10-7-6-9(8-11(10)16-2)4-3-5-12(13)14;1-13-10-6-5-9(4-3-7-12)8-11(10)14-2/h6-8H,3-5H2,1-2H3,(H,13,14);5-6,8,12H,3-4,7H2,1-2H3. The summed E-state index contributed by atoms with van der Waals surface area (Å²) in [4.78, 5) is 10.4. The van der Waals surface area contributed by atoms with Crippen molar-refractivity contribution in [3.05, 3.63) is 47.5 Å². The number of ether oxygens (including phenoxy) is 4. The van der Waals surface area contributed by atoms with Crippen LogP contribution in [0.5, 0.6) is 23.0 Å². The van der Waals surface area contributed by atoms with Crippen LogP contribution in [0, 0.1) is 0 Å². The Morgan fingerprint density at radius 1 is 0.733 bits per heavy atom. The molecule has 0 radical (unpaired) electrons. The quantitative estimate of drug-likeness (QED) is 0.572. The molecule has 0 saturated carbocycles. The van der Waals surface area contributed by atoms with Gasteiger partial charge in [-0.15, -0.1) is 0 Å². The average Bonchev–Trinajstić information content (AvgIpc) is 2.77. The lowest BCUT2D eigenvalue weighted by atomic mass is 10.1. The van der Waals surface area contributed by atoms with E-state index in [1.54, 1.807) is 28.4 Å². The van der Waals surface area contributed by atoms with Crippen LogP contribution in [0.3, 0.4) is 0 Å². The van der Waals surface area contributed by atoms with Gasteiger partial charge in [0.05, 0.1) is 28.4 Å². The molecule has 0 unspecified atom stereocenters. The van der Waals surface area contributed by atoms with E-state index in [0.717, 1.165) is 41.9 Å². The zero-order valence-corrected chi connectivity index (χ0v) is 18.1. The highest BCUT2D eigenvalue weighted by Gasteiger charge is 2.05. The first-order chi connectivity index (χ1) is 14.5. The Balaban J connectivity index is 0.000000303. The van der Waals surface area contributed by atoms with E-state index >= 15 is 0 Å². The molecule has 0 aliphatic heterocycles. The smallest absolute Gasteiger partial charge is 0.303 e. The van der Waals surface area contributed by atoms with E-state index < -0.39 is 5.97 Å². The van der Waals surface area contributed by atoms with Gasteiger partial charge in [-0.05, 0) is 61.1 Å². The summed E-state index contributed by atoms with van der Waals surface area (Å²) in [5.74, 6) is 2.07. The molecule has 0 aromatic heterocycles. The van der Waals surface area contributed by atoms with Gasteiger partial charge in [0.25, 0.3) is 0 Å². The number of carboxylic acids is 1. The fourth-order valence-corrected chi connectivity index (χ4v) is 2.80. The predicted molar refractivity (Wildman–Crippen MR) is 115 cm³/mol. The van der Waals surface area contributed by atoms with Gasteiger partial charge in [0.2, 0.25) is 0 Å². The number of rotatable bonds is 11. The molecule has 0 amide bonds. The van der Waals surface area contributed by atoms with Gasteiger partial charge < -0.3 is 29.2 Å². The molecule has 0 spiro atoms. The van der Waals surface area contributed by atoms with Crippen molar-refractivity contribution in [1.29, 1.82) is 0 Å². The molecule has 0 heterocycles. The third-order valence-corrected chi connectivity index (χ3v) is 4.38. The maximum Gasteiger partial charge on any atom is 0.303 e. The van der Waals surface area contributed by atoms with Crippen LogP contribution in [0.1, 0.15) is 30.4 Å². The zero-order valence-electron chi connectivity index (χ0n) is 18.1. The van der Waals surface area contributed by atoms with Crippen molar-refractivity contribution in [2.24, 2.45) is 0 Å². The van der Waals surface area contributed by atoms with Gasteiger partial charge in [-0.1, -0.05) is 12.1 Å². The lowest BCUT2D eigenvalue weighted by Gasteiger charge is -2.09. The number of carboxylic acid groups (broad SMARTS) is 1. The van der Waals surface area contributed by atoms with Crippen LogP contribution < -0.4 is 18.9 Å². The molecule has 30 heavy (non-hydrogen) atoms.